The van der Waals surface area contributed by atoms with E-state index in [0.717, 1.165) is 25.7 Å². The van der Waals surface area contributed by atoms with Crippen molar-refractivity contribution < 1.29 is 23.8 Å². The summed E-state index contributed by atoms with van der Waals surface area (Å²) in [4.78, 5) is 23.5. The topological polar surface area (TPSA) is 85.9 Å². The molecule has 1 fully saturated rings. The van der Waals surface area contributed by atoms with Gasteiger partial charge < -0.3 is 24.8 Å². The summed E-state index contributed by atoms with van der Waals surface area (Å²) in [5, 5.41) is 6.39. The SMILES string of the molecule is CCCCCCCCCCCCCCOC(=O)N[C@@H](CN[C@H]1CCO[C@H]1OC(C)=O)CC(C)C. The van der Waals surface area contributed by atoms with Crippen LogP contribution in [0.3, 0.4) is 0 Å². The predicted octanol–water partition coefficient (Wildman–Crippen LogP) is 6.10. The van der Waals surface area contributed by atoms with Crippen LogP contribution in [0.5, 0.6) is 0 Å². The highest BCUT2D eigenvalue weighted by Gasteiger charge is 2.31. The third-order valence-corrected chi connectivity index (χ3v) is 6.26. The van der Waals surface area contributed by atoms with Crippen LogP contribution in [0.1, 0.15) is 118 Å². The first-order chi connectivity index (χ1) is 16.4. The number of carbonyl (C=O) groups excluding carboxylic acids is 2. The first-order valence-corrected chi connectivity index (χ1v) is 13.9. The first-order valence-electron chi connectivity index (χ1n) is 13.9. The van der Waals surface area contributed by atoms with Gasteiger partial charge in [-0.05, 0) is 25.2 Å². The molecule has 200 valence electrons. The molecule has 2 N–H and O–H groups in total. The fourth-order valence-corrected chi connectivity index (χ4v) is 4.41. The molecule has 0 unspecified atom stereocenters. The molecule has 0 radical (unpaired) electrons. The van der Waals surface area contributed by atoms with E-state index >= 15 is 0 Å². The highest BCUT2D eigenvalue weighted by atomic mass is 16.7. The fraction of sp³-hybridized carbons (Fsp3) is 0.926. The van der Waals surface area contributed by atoms with Crippen molar-refractivity contribution in [2.24, 2.45) is 5.92 Å². The summed E-state index contributed by atoms with van der Waals surface area (Å²) < 4.78 is 16.1. The van der Waals surface area contributed by atoms with Crippen molar-refractivity contribution in [3.05, 3.63) is 0 Å². The Labute approximate surface area is 208 Å². The zero-order valence-electron chi connectivity index (χ0n) is 22.4. The quantitative estimate of drug-likeness (QED) is 0.160. The molecule has 1 heterocycles. The Kier molecular flexibility index (Phi) is 18.0. The van der Waals surface area contributed by atoms with E-state index in [-0.39, 0.29) is 24.1 Å². The highest BCUT2D eigenvalue weighted by molar-refractivity contribution is 5.67. The van der Waals surface area contributed by atoms with Gasteiger partial charge in [-0.3, -0.25) is 4.79 Å². The second-order valence-corrected chi connectivity index (χ2v) is 10.1. The summed E-state index contributed by atoms with van der Waals surface area (Å²) in [5.41, 5.74) is 0. The second kappa shape index (κ2) is 19.9. The van der Waals surface area contributed by atoms with Crippen molar-refractivity contribution in [3.63, 3.8) is 0 Å². The maximum Gasteiger partial charge on any atom is 0.407 e. The summed E-state index contributed by atoms with van der Waals surface area (Å²) in [6.07, 6.45) is 16.1. The zero-order chi connectivity index (χ0) is 25.0. The molecule has 1 saturated heterocycles. The minimum absolute atomic E-state index is 0.0481. The van der Waals surface area contributed by atoms with Gasteiger partial charge in [-0.2, -0.15) is 0 Å². The number of alkyl carbamates (subject to hydrolysis) is 1. The van der Waals surface area contributed by atoms with Gasteiger partial charge in [0.15, 0.2) is 0 Å². The van der Waals surface area contributed by atoms with Crippen LogP contribution in [-0.2, 0) is 19.0 Å². The van der Waals surface area contributed by atoms with Crippen LogP contribution in [-0.4, -0.2) is 50.2 Å². The lowest BCUT2D eigenvalue weighted by Gasteiger charge is -2.25. The third kappa shape index (κ3) is 16.3. The molecule has 1 aliphatic rings. The number of esters is 1. The summed E-state index contributed by atoms with van der Waals surface area (Å²) >= 11 is 0. The van der Waals surface area contributed by atoms with Gasteiger partial charge in [0.2, 0.25) is 6.29 Å². The van der Waals surface area contributed by atoms with E-state index in [4.69, 9.17) is 14.2 Å². The van der Waals surface area contributed by atoms with Crippen molar-refractivity contribution in [1.29, 1.82) is 0 Å². The van der Waals surface area contributed by atoms with Gasteiger partial charge in [0.25, 0.3) is 0 Å². The molecular formula is C27H52N2O5. The molecular weight excluding hydrogens is 432 g/mol. The van der Waals surface area contributed by atoms with E-state index in [1.54, 1.807) is 0 Å². The maximum atomic E-state index is 12.3. The minimum Gasteiger partial charge on any atom is -0.450 e. The number of ether oxygens (including phenoxy) is 3. The molecule has 1 amide bonds. The van der Waals surface area contributed by atoms with Crippen molar-refractivity contribution in [3.8, 4) is 0 Å². The highest BCUT2D eigenvalue weighted by Crippen LogP contribution is 2.16. The van der Waals surface area contributed by atoms with Crippen LogP contribution >= 0.6 is 0 Å². The molecule has 0 bridgehead atoms. The number of nitrogens with one attached hydrogen (secondary N) is 2. The summed E-state index contributed by atoms with van der Waals surface area (Å²) in [6, 6.07) is -0.106. The number of carbonyl (C=O) groups is 2. The predicted molar refractivity (Wildman–Crippen MR) is 137 cm³/mol. The normalized spacial score (nSPS) is 18.7. The number of unbranched alkanes of at least 4 members (excludes halogenated alkanes) is 11. The minimum atomic E-state index is -0.560. The molecule has 0 aromatic heterocycles. The van der Waals surface area contributed by atoms with E-state index in [1.165, 1.54) is 71.1 Å². The zero-order valence-corrected chi connectivity index (χ0v) is 22.4. The van der Waals surface area contributed by atoms with Crippen molar-refractivity contribution >= 4 is 12.1 Å². The van der Waals surface area contributed by atoms with Gasteiger partial charge in [-0.25, -0.2) is 4.79 Å². The Morgan fingerprint density at radius 1 is 0.941 bits per heavy atom. The number of rotatable bonds is 20. The van der Waals surface area contributed by atoms with Crippen molar-refractivity contribution in [2.45, 2.75) is 136 Å². The molecule has 0 aromatic rings. The van der Waals surface area contributed by atoms with E-state index in [1.807, 2.05) is 0 Å². The summed E-state index contributed by atoms with van der Waals surface area (Å²) in [5.74, 6) is 0.0875. The molecule has 7 heteroatoms. The molecule has 0 spiro atoms. The van der Waals surface area contributed by atoms with Crippen LogP contribution in [0, 0.1) is 5.92 Å². The van der Waals surface area contributed by atoms with Gasteiger partial charge in [0.05, 0.1) is 19.3 Å². The van der Waals surface area contributed by atoms with Crippen molar-refractivity contribution in [2.75, 3.05) is 19.8 Å². The van der Waals surface area contributed by atoms with E-state index in [9.17, 15) is 9.59 Å². The number of hydrogen-bond acceptors (Lipinski definition) is 6. The van der Waals surface area contributed by atoms with Crippen LogP contribution in [0.25, 0.3) is 0 Å². The average Bonchev–Trinajstić information content (AvgIpc) is 3.21. The summed E-state index contributed by atoms with van der Waals surface area (Å²) in [6.45, 7) is 9.51. The van der Waals surface area contributed by atoms with Gasteiger partial charge in [0, 0.05) is 19.5 Å². The standard InChI is InChI=1S/C27H52N2O5/c1-5-6-7-8-9-10-11-12-13-14-15-16-18-33-27(31)29-24(20-22(2)3)21-28-25-17-19-32-26(25)34-23(4)30/h22,24-26,28H,5-21H2,1-4H3,(H,29,31)/t24-,25+,26+/m1/s1. The lowest BCUT2D eigenvalue weighted by atomic mass is 10.0. The monoisotopic (exact) mass is 484 g/mol. The molecule has 0 aromatic carbocycles. The molecule has 0 aliphatic carbocycles. The van der Waals surface area contributed by atoms with Crippen LogP contribution in [0.4, 0.5) is 4.79 Å². The van der Waals surface area contributed by atoms with Gasteiger partial charge in [0.1, 0.15) is 0 Å². The molecule has 1 rings (SSSR count). The van der Waals surface area contributed by atoms with Crippen LogP contribution in [0.15, 0.2) is 0 Å². The fourth-order valence-electron chi connectivity index (χ4n) is 4.41. The first kappa shape index (κ1) is 30.7. The van der Waals surface area contributed by atoms with Crippen molar-refractivity contribution in [1.82, 2.24) is 10.6 Å². The van der Waals surface area contributed by atoms with E-state index in [2.05, 4.69) is 31.4 Å². The molecule has 3 atom stereocenters. The molecule has 1 aliphatic heterocycles. The molecule has 7 nitrogen and oxygen atoms in total. The Balaban J connectivity index is 2.11. The van der Waals surface area contributed by atoms with Crippen LogP contribution in [0.2, 0.25) is 0 Å². The number of amides is 1. The molecule has 34 heavy (non-hydrogen) atoms. The number of hydrogen-bond donors (Lipinski definition) is 2. The van der Waals surface area contributed by atoms with Gasteiger partial charge in [-0.1, -0.05) is 91.4 Å². The van der Waals surface area contributed by atoms with Gasteiger partial charge >= 0.3 is 12.1 Å². The Bertz CT molecular complexity index is 529. The largest absolute Gasteiger partial charge is 0.450 e. The van der Waals surface area contributed by atoms with E-state index in [0.29, 0.717) is 25.7 Å². The average molecular weight is 485 g/mol. The van der Waals surface area contributed by atoms with E-state index < -0.39 is 6.29 Å². The Morgan fingerprint density at radius 2 is 1.53 bits per heavy atom. The summed E-state index contributed by atoms with van der Waals surface area (Å²) in [7, 11) is 0. The Hall–Kier alpha value is -1.34. The second-order valence-electron chi connectivity index (χ2n) is 10.1. The lowest BCUT2D eigenvalue weighted by Crippen LogP contribution is -2.48. The maximum absolute atomic E-state index is 12.3. The molecule has 0 saturated carbocycles. The smallest absolute Gasteiger partial charge is 0.407 e. The Morgan fingerprint density at radius 3 is 2.09 bits per heavy atom. The third-order valence-electron chi connectivity index (χ3n) is 6.26. The van der Waals surface area contributed by atoms with Gasteiger partial charge in [-0.15, -0.1) is 0 Å². The van der Waals surface area contributed by atoms with Crippen LogP contribution < -0.4 is 10.6 Å². The lowest BCUT2D eigenvalue weighted by molar-refractivity contribution is -0.170.